The summed E-state index contributed by atoms with van der Waals surface area (Å²) in [5.74, 6) is -0.0297. The van der Waals surface area contributed by atoms with Crippen molar-refractivity contribution in [3.63, 3.8) is 0 Å². The number of carbonyl (C=O) groups is 1. The molecule has 0 radical (unpaired) electrons. The largest absolute Gasteiger partial charge is 0.368 e. The zero-order valence-electron chi connectivity index (χ0n) is 13.6. The van der Waals surface area contributed by atoms with Gasteiger partial charge in [0.25, 0.3) is 5.91 Å². The van der Waals surface area contributed by atoms with Crippen LogP contribution < -0.4 is 0 Å². The third kappa shape index (κ3) is 3.44. The van der Waals surface area contributed by atoms with Gasteiger partial charge in [0.05, 0.1) is 5.02 Å². The Balaban J connectivity index is 1.68. The Morgan fingerprint density at radius 3 is 2.54 bits per heavy atom. The van der Waals surface area contributed by atoms with Crippen LogP contribution in [0.3, 0.4) is 0 Å². The number of nitrogens with zero attached hydrogens (tertiary/aromatic N) is 2. The minimum absolute atomic E-state index is 0.0297. The summed E-state index contributed by atoms with van der Waals surface area (Å²) in [6.45, 7) is 3.77. The van der Waals surface area contributed by atoms with Crippen molar-refractivity contribution in [1.29, 1.82) is 0 Å². The molecular weight excluding hydrogens is 352 g/mol. The fourth-order valence-electron chi connectivity index (χ4n) is 3.08. The number of ether oxygens (including phenoxy) is 1. The van der Waals surface area contributed by atoms with Crippen LogP contribution in [0.25, 0.3) is 0 Å². The maximum absolute atomic E-state index is 12.8. The van der Waals surface area contributed by atoms with Crippen molar-refractivity contribution in [2.45, 2.75) is 30.8 Å². The highest BCUT2D eigenvalue weighted by atomic mass is 35.5. The van der Waals surface area contributed by atoms with E-state index in [1.165, 1.54) is 10.4 Å². The van der Waals surface area contributed by atoms with E-state index in [4.69, 9.17) is 16.3 Å². The molecule has 0 saturated carbocycles. The quantitative estimate of drug-likeness (QED) is 0.809. The molecule has 1 amide bonds. The molecule has 0 N–H and O–H groups in total. The molecule has 0 aliphatic carbocycles. The van der Waals surface area contributed by atoms with E-state index in [0.29, 0.717) is 19.7 Å². The van der Waals surface area contributed by atoms with Crippen molar-refractivity contribution in [2.75, 3.05) is 32.8 Å². The van der Waals surface area contributed by atoms with E-state index >= 15 is 0 Å². The fourth-order valence-corrected chi connectivity index (χ4v) is 5.07. The molecule has 0 bridgehead atoms. The number of amides is 1. The second-order valence-corrected chi connectivity index (χ2v) is 8.48. The number of benzene rings is 1. The van der Waals surface area contributed by atoms with Crippen LogP contribution in [0, 0.1) is 6.92 Å². The van der Waals surface area contributed by atoms with Gasteiger partial charge in [-0.05, 0) is 37.5 Å². The van der Waals surface area contributed by atoms with Crippen LogP contribution in [0.5, 0.6) is 0 Å². The normalized spacial score (nSPS) is 22.8. The molecule has 8 heteroatoms. The average molecular weight is 373 g/mol. The lowest BCUT2D eigenvalue weighted by atomic mass is 10.2. The Hall–Kier alpha value is -1.15. The number of carbonyl (C=O) groups excluding carboxylic acids is 1. The monoisotopic (exact) mass is 372 g/mol. The first-order valence-corrected chi connectivity index (χ1v) is 9.88. The maximum Gasteiger partial charge on any atom is 0.251 e. The zero-order chi connectivity index (χ0) is 17.3. The van der Waals surface area contributed by atoms with Gasteiger partial charge >= 0.3 is 0 Å². The lowest BCUT2D eigenvalue weighted by Gasteiger charge is -2.35. The Morgan fingerprint density at radius 2 is 1.96 bits per heavy atom. The van der Waals surface area contributed by atoms with Gasteiger partial charge in [-0.3, -0.25) is 4.79 Å². The van der Waals surface area contributed by atoms with Gasteiger partial charge in [-0.2, -0.15) is 4.31 Å². The standard InChI is InChI=1S/C16H21ClN2O4S/c1-12-4-5-15(13(17)11-12)24(21,22)19-8-6-18(7-9-19)16(20)14-3-2-10-23-14/h4-5,11,14H,2-3,6-10H2,1H3/t14-/m0/s1. The van der Waals surface area contributed by atoms with Gasteiger partial charge in [-0.25, -0.2) is 8.42 Å². The minimum Gasteiger partial charge on any atom is -0.368 e. The molecular formula is C16H21ClN2O4S. The van der Waals surface area contributed by atoms with Crippen LogP contribution in [-0.2, 0) is 19.6 Å². The van der Waals surface area contributed by atoms with Crippen molar-refractivity contribution in [1.82, 2.24) is 9.21 Å². The van der Waals surface area contributed by atoms with Crippen LogP contribution in [0.1, 0.15) is 18.4 Å². The number of aryl methyl sites for hydroxylation is 1. The fraction of sp³-hybridized carbons (Fsp3) is 0.562. The number of rotatable bonds is 3. The van der Waals surface area contributed by atoms with Gasteiger partial charge in [0.2, 0.25) is 10.0 Å². The Kier molecular flexibility index (Phi) is 5.15. The summed E-state index contributed by atoms with van der Waals surface area (Å²) in [6, 6.07) is 4.92. The molecule has 2 aliphatic heterocycles. The molecule has 2 fully saturated rings. The van der Waals surface area contributed by atoms with Crippen molar-refractivity contribution in [3.05, 3.63) is 28.8 Å². The van der Waals surface area contributed by atoms with Crippen LogP contribution in [0.4, 0.5) is 0 Å². The van der Waals surface area contributed by atoms with Gasteiger partial charge in [0.15, 0.2) is 0 Å². The lowest BCUT2D eigenvalue weighted by Crippen LogP contribution is -2.52. The first kappa shape index (κ1) is 17.7. The van der Waals surface area contributed by atoms with Gasteiger partial charge in [0.1, 0.15) is 11.0 Å². The molecule has 3 rings (SSSR count). The predicted octanol–water partition coefficient (Wildman–Crippen LogP) is 1.66. The highest BCUT2D eigenvalue weighted by Crippen LogP contribution is 2.26. The van der Waals surface area contributed by atoms with Crippen LogP contribution in [0.2, 0.25) is 5.02 Å². The van der Waals surface area contributed by atoms with Gasteiger partial charge in [-0.1, -0.05) is 17.7 Å². The van der Waals surface area contributed by atoms with Crippen molar-refractivity contribution in [2.24, 2.45) is 0 Å². The first-order valence-electron chi connectivity index (χ1n) is 8.06. The molecule has 2 heterocycles. The van der Waals surface area contributed by atoms with Gasteiger partial charge in [-0.15, -0.1) is 0 Å². The summed E-state index contributed by atoms with van der Waals surface area (Å²) in [4.78, 5) is 14.1. The van der Waals surface area contributed by atoms with E-state index in [2.05, 4.69) is 0 Å². The van der Waals surface area contributed by atoms with Gasteiger partial charge < -0.3 is 9.64 Å². The Labute approximate surface area is 147 Å². The average Bonchev–Trinajstić information content (AvgIpc) is 3.08. The van der Waals surface area contributed by atoms with Gasteiger partial charge in [0, 0.05) is 32.8 Å². The minimum atomic E-state index is -3.65. The van der Waals surface area contributed by atoms with Crippen LogP contribution in [0.15, 0.2) is 23.1 Å². The number of halogens is 1. The summed E-state index contributed by atoms with van der Waals surface area (Å²) in [6.07, 6.45) is 1.28. The van der Waals surface area contributed by atoms with Crippen LogP contribution in [-0.4, -0.2) is 62.4 Å². The third-order valence-electron chi connectivity index (χ3n) is 4.46. The molecule has 0 aromatic heterocycles. The molecule has 1 aromatic carbocycles. The highest BCUT2D eigenvalue weighted by molar-refractivity contribution is 7.89. The maximum atomic E-state index is 12.8. The second kappa shape index (κ2) is 7.00. The van der Waals surface area contributed by atoms with Crippen molar-refractivity contribution in [3.8, 4) is 0 Å². The highest BCUT2D eigenvalue weighted by Gasteiger charge is 2.34. The van der Waals surface area contributed by atoms with E-state index in [-0.39, 0.29) is 35.0 Å². The lowest BCUT2D eigenvalue weighted by molar-refractivity contribution is -0.142. The SMILES string of the molecule is Cc1ccc(S(=O)(=O)N2CCN(C(=O)[C@@H]3CCCO3)CC2)c(Cl)c1. The van der Waals surface area contributed by atoms with E-state index < -0.39 is 10.0 Å². The van der Waals surface area contributed by atoms with Crippen LogP contribution >= 0.6 is 11.6 Å². The molecule has 1 aromatic rings. The Bertz CT molecular complexity index is 724. The molecule has 132 valence electrons. The van der Waals surface area contributed by atoms with Crippen molar-refractivity contribution < 1.29 is 17.9 Å². The number of sulfonamides is 1. The first-order chi connectivity index (χ1) is 11.4. The molecule has 6 nitrogen and oxygen atoms in total. The smallest absolute Gasteiger partial charge is 0.251 e. The molecule has 2 aliphatic rings. The van der Waals surface area contributed by atoms with Crippen molar-refractivity contribution >= 4 is 27.5 Å². The summed E-state index contributed by atoms with van der Waals surface area (Å²) in [5.41, 5.74) is 0.908. The van der Waals surface area contributed by atoms with E-state index in [9.17, 15) is 13.2 Å². The van der Waals surface area contributed by atoms with E-state index in [1.54, 1.807) is 17.0 Å². The Morgan fingerprint density at radius 1 is 1.25 bits per heavy atom. The summed E-state index contributed by atoms with van der Waals surface area (Å²) < 4.78 is 32.3. The second-order valence-electron chi connectivity index (χ2n) is 6.16. The molecule has 0 spiro atoms. The number of hydrogen-bond donors (Lipinski definition) is 0. The summed E-state index contributed by atoms with van der Waals surface area (Å²) in [7, 11) is -3.65. The number of piperazine rings is 1. The predicted molar refractivity (Wildman–Crippen MR) is 90.5 cm³/mol. The molecule has 1 atom stereocenters. The van der Waals surface area contributed by atoms with E-state index in [0.717, 1.165) is 18.4 Å². The third-order valence-corrected chi connectivity index (χ3v) is 6.84. The summed E-state index contributed by atoms with van der Waals surface area (Å²) in [5, 5.41) is 0.230. The topological polar surface area (TPSA) is 66.9 Å². The molecule has 24 heavy (non-hydrogen) atoms. The van der Waals surface area contributed by atoms with E-state index in [1.807, 2.05) is 6.92 Å². The molecule has 2 saturated heterocycles. The summed E-state index contributed by atoms with van der Waals surface area (Å²) >= 11 is 6.11. The zero-order valence-corrected chi connectivity index (χ0v) is 15.1. The number of hydrogen-bond acceptors (Lipinski definition) is 4. The molecule has 0 unspecified atom stereocenters.